The number of aliphatic imine (C=N–C) groups is 1. The highest BCUT2D eigenvalue weighted by molar-refractivity contribution is 6.07. The van der Waals surface area contributed by atoms with Crippen molar-refractivity contribution in [1.82, 2.24) is 19.8 Å². The molecule has 9 heteroatoms. The van der Waals surface area contributed by atoms with Crippen molar-refractivity contribution < 1.29 is 9.53 Å². The third kappa shape index (κ3) is 5.20. The van der Waals surface area contributed by atoms with Crippen LogP contribution in [0.3, 0.4) is 0 Å². The normalized spacial score (nSPS) is 17.9. The Morgan fingerprint density at radius 3 is 2.44 bits per heavy atom. The Morgan fingerprint density at radius 2 is 1.72 bits per heavy atom. The second-order valence-electron chi connectivity index (χ2n) is 10.4. The largest absolute Gasteiger partial charge is 0.489 e. The number of nitriles is 1. The predicted octanol–water partition coefficient (Wildman–Crippen LogP) is 3.44. The fourth-order valence-electron chi connectivity index (χ4n) is 5.45. The second kappa shape index (κ2) is 10.8. The molecule has 39 heavy (non-hydrogen) atoms. The summed E-state index contributed by atoms with van der Waals surface area (Å²) in [5, 5.41) is 9.86. The third-order valence-corrected chi connectivity index (χ3v) is 7.84. The van der Waals surface area contributed by atoms with E-state index in [0.717, 1.165) is 73.7 Å². The van der Waals surface area contributed by atoms with Crippen LogP contribution in [0.4, 0.5) is 11.4 Å². The highest BCUT2D eigenvalue weighted by Crippen LogP contribution is 2.37. The minimum Gasteiger partial charge on any atom is -0.489 e. The molecule has 4 heterocycles. The maximum absolute atomic E-state index is 11.0. The molecule has 0 atom stereocenters. The number of hydrogen-bond donors (Lipinski definition) is 0. The lowest BCUT2D eigenvalue weighted by Gasteiger charge is -2.34. The number of aromatic nitrogens is 2. The summed E-state index contributed by atoms with van der Waals surface area (Å²) >= 11 is 0. The first kappa shape index (κ1) is 25.0. The monoisotopic (exact) mass is 521 g/mol. The first-order valence-electron chi connectivity index (χ1n) is 13.5. The lowest BCUT2D eigenvalue weighted by molar-refractivity contribution is -0.119. The fraction of sp³-hybridized carbons (Fsp3) is 0.367. The summed E-state index contributed by atoms with van der Waals surface area (Å²) in [6.45, 7) is 5.56. The average molecular weight is 522 g/mol. The van der Waals surface area contributed by atoms with Gasteiger partial charge in [-0.25, -0.2) is 15.0 Å². The lowest BCUT2D eigenvalue weighted by atomic mass is 10.0. The van der Waals surface area contributed by atoms with Gasteiger partial charge in [-0.2, -0.15) is 5.26 Å². The SMILES string of the molecule is CN1CCN(c2ccc(C3=Nc4c(ncnc4-c4ccc(OC5CCN(C=O)CC5)c(C#N)c4)C3)cc2)CC1. The van der Waals surface area contributed by atoms with Gasteiger partial charge in [0, 0.05) is 69.8 Å². The van der Waals surface area contributed by atoms with E-state index in [4.69, 9.17) is 9.73 Å². The van der Waals surface area contributed by atoms with Crippen LogP contribution < -0.4 is 9.64 Å². The molecule has 0 radical (unpaired) electrons. The van der Waals surface area contributed by atoms with E-state index in [9.17, 15) is 10.1 Å². The molecule has 9 nitrogen and oxygen atoms in total. The van der Waals surface area contributed by atoms with Gasteiger partial charge in [-0.3, -0.25) is 4.79 Å². The van der Waals surface area contributed by atoms with Gasteiger partial charge in [0.2, 0.25) is 6.41 Å². The van der Waals surface area contributed by atoms with Gasteiger partial charge in [0.15, 0.2) is 0 Å². The quantitative estimate of drug-likeness (QED) is 0.458. The molecule has 6 rings (SSSR count). The van der Waals surface area contributed by atoms with Crippen molar-refractivity contribution in [2.45, 2.75) is 25.4 Å². The van der Waals surface area contributed by atoms with E-state index in [-0.39, 0.29) is 6.10 Å². The number of piperazine rings is 1. The minimum absolute atomic E-state index is 0.0164. The number of amides is 1. The van der Waals surface area contributed by atoms with E-state index < -0.39 is 0 Å². The van der Waals surface area contributed by atoms with E-state index in [1.54, 1.807) is 11.2 Å². The topological polar surface area (TPSA) is 98.0 Å². The Kier molecular flexibility index (Phi) is 6.95. The van der Waals surface area contributed by atoms with Crippen molar-refractivity contribution in [3.8, 4) is 23.1 Å². The van der Waals surface area contributed by atoms with Crippen LogP contribution in [0, 0.1) is 11.3 Å². The molecule has 0 unspecified atom stereocenters. The van der Waals surface area contributed by atoms with Crippen molar-refractivity contribution in [2.75, 3.05) is 51.2 Å². The van der Waals surface area contributed by atoms with Crippen molar-refractivity contribution in [3.63, 3.8) is 0 Å². The summed E-state index contributed by atoms with van der Waals surface area (Å²) in [5.74, 6) is 0.557. The summed E-state index contributed by atoms with van der Waals surface area (Å²) in [6, 6.07) is 16.5. The van der Waals surface area contributed by atoms with Gasteiger partial charge in [0.05, 0.1) is 22.7 Å². The molecule has 3 aromatic rings. The number of nitrogens with zero attached hydrogens (tertiary/aromatic N) is 7. The number of likely N-dealkylation sites (N-methyl/N-ethyl adjacent to an activating group) is 1. The van der Waals surface area contributed by atoms with Crippen molar-refractivity contribution in [1.29, 1.82) is 5.26 Å². The van der Waals surface area contributed by atoms with Crippen LogP contribution in [-0.4, -0.2) is 84.3 Å². The smallest absolute Gasteiger partial charge is 0.209 e. The van der Waals surface area contributed by atoms with E-state index in [1.807, 2.05) is 18.2 Å². The van der Waals surface area contributed by atoms with Gasteiger partial charge in [-0.05, 0) is 42.9 Å². The zero-order chi connectivity index (χ0) is 26.8. The van der Waals surface area contributed by atoms with Gasteiger partial charge < -0.3 is 19.4 Å². The summed E-state index contributed by atoms with van der Waals surface area (Å²) in [6.07, 6.45) is 4.57. The molecular weight excluding hydrogens is 490 g/mol. The lowest BCUT2D eigenvalue weighted by Crippen LogP contribution is -2.44. The number of anilines is 1. The zero-order valence-electron chi connectivity index (χ0n) is 22.1. The average Bonchev–Trinajstić information content (AvgIpc) is 3.43. The molecule has 3 aliphatic rings. The molecule has 198 valence electrons. The Bertz CT molecular complexity index is 1430. The molecule has 0 N–H and O–H groups in total. The standard InChI is InChI=1S/C30H31N7O2/c1-35-12-14-37(15-13-35)24-5-2-21(3-6-24)26-17-27-30(34-26)29(33-19-32-27)22-4-7-28(23(16-22)18-31)39-25-8-10-36(20-38)11-9-25/h2-7,16,19-20,25H,8-15,17H2,1H3. The Balaban J connectivity index is 1.21. The number of rotatable bonds is 6. The molecule has 0 spiro atoms. The highest BCUT2D eigenvalue weighted by Gasteiger charge is 2.24. The number of fused-ring (bicyclic) bond motifs is 1. The van der Waals surface area contributed by atoms with Crippen molar-refractivity contribution >= 4 is 23.5 Å². The molecule has 2 fully saturated rings. The number of carbonyl (C=O) groups is 1. The number of ether oxygens (including phenoxy) is 1. The van der Waals surface area contributed by atoms with Gasteiger partial charge >= 0.3 is 0 Å². The summed E-state index contributed by atoms with van der Waals surface area (Å²) < 4.78 is 6.16. The predicted molar refractivity (Wildman–Crippen MR) is 150 cm³/mol. The van der Waals surface area contributed by atoms with Crippen molar-refractivity contribution in [2.24, 2.45) is 4.99 Å². The van der Waals surface area contributed by atoms with Crippen LogP contribution in [0.5, 0.6) is 5.75 Å². The Hall–Kier alpha value is -4.29. The van der Waals surface area contributed by atoms with Gasteiger partial charge in [-0.15, -0.1) is 0 Å². The molecule has 1 amide bonds. The Labute approximate surface area is 228 Å². The third-order valence-electron chi connectivity index (χ3n) is 7.84. The van der Waals surface area contributed by atoms with E-state index in [0.29, 0.717) is 36.5 Å². The van der Waals surface area contributed by atoms with Crippen LogP contribution in [0.15, 0.2) is 53.8 Å². The number of likely N-dealkylation sites (tertiary alicyclic amines) is 1. The number of piperidine rings is 1. The molecule has 2 aromatic carbocycles. The molecule has 1 aromatic heterocycles. The minimum atomic E-state index is -0.0164. The summed E-state index contributed by atoms with van der Waals surface area (Å²) in [5.41, 5.74) is 6.92. The zero-order valence-corrected chi connectivity index (χ0v) is 22.1. The summed E-state index contributed by atoms with van der Waals surface area (Å²) in [4.78, 5) is 31.5. The van der Waals surface area contributed by atoms with Gasteiger partial charge in [0.25, 0.3) is 0 Å². The fourth-order valence-corrected chi connectivity index (χ4v) is 5.45. The molecule has 2 saturated heterocycles. The van der Waals surface area contributed by atoms with Crippen molar-refractivity contribution in [3.05, 3.63) is 65.6 Å². The van der Waals surface area contributed by atoms with Crippen LogP contribution in [-0.2, 0) is 11.2 Å². The molecule has 3 aliphatic heterocycles. The van der Waals surface area contributed by atoms with E-state index >= 15 is 0 Å². The maximum Gasteiger partial charge on any atom is 0.209 e. The van der Waals surface area contributed by atoms with Gasteiger partial charge in [-0.1, -0.05) is 12.1 Å². The first-order valence-corrected chi connectivity index (χ1v) is 13.5. The van der Waals surface area contributed by atoms with Crippen LogP contribution in [0.2, 0.25) is 0 Å². The van der Waals surface area contributed by atoms with Crippen LogP contribution >= 0.6 is 0 Å². The maximum atomic E-state index is 11.0. The van der Waals surface area contributed by atoms with E-state index in [2.05, 4.69) is 57.2 Å². The molecule has 0 aliphatic carbocycles. The highest BCUT2D eigenvalue weighted by atomic mass is 16.5. The number of hydrogen-bond acceptors (Lipinski definition) is 8. The summed E-state index contributed by atoms with van der Waals surface area (Å²) in [7, 11) is 2.17. The Morgan fingerprint density at radius 1 is 0.974 bits per heavy atom. The van der Waals surface area contributed by atoms with Gasteiger partial charge in [0.1, 0.15) is 29.9 Å². The van der Waals surface area contributed by atoms with Crippen LogP contribution in [0.25, 0.3) is 11.3 Å². The number of benzene rings is 2. The number of carbonyl (C=O) groups excluding carboxylic acids is 1. The molecule has 0 saturated carbocycles. The van der Waals surface area contributed by atoms with Crippen LogP contribution in [0.1, 0.15) is 29.7 Å². The first-order chi connectivity index (χ1) is 19.1. The second-order valence-corrected chi connectivity index (χ2v) is 10.4. The molecular formula is C30H31N7O2. The van der Waals surface area contributed by atoms with E-state index in [1.165, 1.54) is 5.69 Å². The molecule has 0 bridgehead atoms.